The first-order valence-electron chi connectivity index (χ1n) is 4.84. The number of halogens is 1. The van der Waals surface area contributed by atoms with Crippen molar-refractivity contribution in [1.82, 2.24) is 9.97 Å². The van der Waals surface area contributed by atoms with E-state index >= 15 is 0 Å². The Labute approximate surface area is 90.1 Å². The Morgan fingerprint density at radius 3 is 2.71 bits per heavy atom. The van der Waals surface area contributed by atoms with Gasteiger partial charge in [-0.1, -0.05) is 0 Å². The molecule has 0 N–H and O–H groups in total. The van der Waals surface area contributed by atoms with Crippen molar-refractivity contribution in [1.29, 1.82) is 0 Å². The van der Waals surface area contributed by atoms with Gasteiger partial charge in [-0.25, -0.2) is 4.98 Å². The predicted octanol–water partition coefficient (Wildman–Crippen LogP) is 2.32. The van der Waals surface area contributed by atoms with E-state index in [1.165, 1.54) is 0 Å². The third kappa shape index (κ3) is 3.14. The Kier molecular flexibility index (Phi) is 4.66. The highest BCUT2D eigenvalue weighted by Gasteiger charge is 2.10. The summed E-state index contributed by atoms with van der Waals surface area (Å²) in [6.07, 6.45) is 6.15. The Bertz CT molecular complexity index is 251. The maximum absolute atomic E-state index is 5.68. The summed E-state index contributed by atoms with van der Waals surface area (Å²) >= 11 is 5.68. The molecule has 14 heavy (non-hydrogen) atoms. The van der Waals surface area contributed by atoms with Gasteiger partial charge < -0.3 is 4.90 Å². The number of aromatic nitrogens is 2. The van der Waals surface area contributed by atoms with Crippen LogP contribution in [0, 0.1) is 0 Å². The molecule has 0 aliphatic heterocycles. The van der Waals surface area contributed by atoms with E-state index in [0.717, 1.165) is 18.8 Å². The molecule has 1 heterocycles. The molecule has 0 saturated heterocycles. The second-order valence-corrected chi connectivity index (χ2v) is 3.77. The minimum atomic E-state index is 0.426. The third-order valence-corrected chi connectivity index (χ3v) is 2.27. The molecule has 0 aliphatic carbocycles. The summed E-state index contributed by atoms with van der Waals surface area (Å²) in [7, 11) is 0. The Morgan fingerprint density at radius 2 is 2.21 bits per heavy atom. The van der Waals surface area contributed by atoms with Crippen LogP contribution in [0.1, 0.15) is 20.3 Å². The molecule has 4 heteroatoms. The van der Waals surface area contributed by atoms with Crippen LogP contribution >= 0.6 is 11.6 Å². The van der Waals surface area contributed by atoms with Crippen molar-refractivity contribution in [3.8, 4) is 0 Å². The molecule has 0 spiro atoms. The van der Waals surface area contributed by atoms with Crippen molar-refractivity contribution < 1.29 is 0 Å². The minimum Gasteiger partial charge on any atom is -0.353 e. The van der Waals surface area contributed by atoms with Gasteiger partial charge in [-0.2, -0.15) is 0 Å². The van der Waals surface area contributed by atoms with Gasteiger partial charge in [0.05, 0.1) is 6.20 Å². The molecule has 0 fully saturated rings. The predicted molar refractivity (Wildman–Crippen MR) is 59.9 cm³/mol. The van der Waals surface area contributed by atoms with Crippen molar-refractivity contribution >= 4 is 17.4 Å². The normalized spacial score (nSPS) is 10.6. The highest BCUT2D eigenvalue weighted by atomic mass is 35.5. The minimum absolute atomic E-state index is 0.426. The highest BCUT2D eigenvalue weighted by Crippen LogP contribution is 2.12. The van der Waals surface area contributed by atoms with Gasteiger partial charge in [-0.15, -0.1) is 11.6 Å². The number of hydrogen-bond acceptors (Lipinski definition) is 3. The second-order valence-electron chi connectivity index (χ2n) is 3.39. The average Bonchev–Trinajstić information content (AvgIpc) is 2.19. The standard InChI is InChI=1S/C10H16ClN3/c1-9(2)14(7-3-4-11)10-8-12-5-6-13-10/h5-6,8-9H,3-4,7H2,1-2H3. The van der Waals surface area contributed by atoms with Gasteiger partial charge in [0.25, 0.3) is 0 Å². The Balaban J connectivity index is 2.68. The zero-order valence-corrected chi connectivity index (χ0v) is 9.41. The smallest absolute Gasteiger partial charge is 0.147 e. The molecule has 0 aromatic carbocycles. The topological polar surface area (TPSA) is 29.0 Å². The first-order chi connectivity index (χ1) is 6.75. The molecule has 0 bridgehead atoms. The van der Waals surface area contributed by atoms with E-state index in [1.54, 1.807) is 18.6 Å². The van der Waals surface area contributed by atoms with Crippen LogP contribution in [-0.4, -0.2) is 28.4 Å². The Hall–Kier alpha value is -0.830. The number of rotatable bonds is 5. The molecule has 1 aromatic rings. The lowest BCUT2D eigenvalue weighted by molar-refractivity contribution is 0.662. The van der Waals surface area contributed by atoms with E-state index in [4.69, 9.17) is 11.6 Å². The molecule has 78 valence electrons. The van der Waals surface area contributed by atoms with Crippen LogP contribution in [-0.2, 0) is 0 Å². The van der Waals surface area contributed by atoms with E-state index in [2.05, 4.69) is 28.7 Å². The summed E-state index contributed by atoms with van der Waals surface area (Å²) in [5, 5.41) is 0. The SMILES string of the molecule is CC(C)N(CCCCl)c1cnccn1. The lowest BCUT2D eigenvalue weighted by Crippen LogP contribution is -2.32. The van der Waals surface area contributed by atoms with Crippen LogP contribution in [0.5, 0.6) is 0 Å². The first kappa shape index (κ1) is 11.2. The number of alkyl halides is 1. The van der Waals surface area contributed by atoms with Crippen molar-refractivity contribution in [3.63, 3.8) is 0 Å². The zero-order valence-electron chi connectivity index (χ0n) is 8.65. The number of hydrogen-bond donors (Lipinski definition) is 0. The fourth-order valence-corrected chi connectivity index (χ4v) is 1.43. The fourth-order valence-electron chi connectivity index (χ4n) is 1.31. The van der Waals surface area contributed by atoms with Crippen LogP contribution in [0.3, 0.4) is 0 Å². The summed E-state index contributed by atoms with van der Waals surface area (Å²) in [6.45, 7) is 5.21. The molecule has 1 rings (SSSR count). The maximum Gasteiger partial charge on any atom is 0.147 e. The van der Waals surface area contributed by atoms with E-state index < -0.39 is 0 Å². The molecule has 0 atom stereocenters. The van der Waals surface area contributed by atoms with Crippen LogP contribution in [0.15, 0.2) is 18.6 Å². The number of nitrogens with zero attached hydrogens (tertiary/aromatic N) is 3. The quantitative estimate of drug-likeness (QED) is 0.703. The van der Waals surface area contributed by atoms with E-state index in [9.17, 15) is 0 Å². The van der Waals surface area contributed by atoms with Crippen LogP contribution in [0.4, 0.5) is 5.82 Å². The fraction of sp³-hybridized carbons (Fsp3) is 0.600. The highest BCUT2D eigenvalue weighted by molar-refractivity contribution is 6.17. The van der Waals surface area contributed by atoms with Gasteiger partial charge >= 0.3 is 0 Å². The monoisotopic (exact) mass is 213 g/mol. The zero-order chi connectivity index (χ0) is 10.4. The molecule has 0 radical (unpaired) electrons. The molecule has 0 amide bonds. The first-order valence-corrected chi connectivity index (χ1v) is 5.37. The maximum atomic E-state index is 5.68. The van der Waals surface area contributed by atoms with Crippen LogP contribution in [0.2, 0.25) is 0 Å². The van der Waals surface area contributed by atoms with E-state index in [-0.39, 0.29) is 0 Å². The van der Waals surface area contributed by atoms with Gasteiger partial charge in [0.2, 0.25) is 0 Å². The van der Waals surface area contributed by atoms with Crippen molar-refractivity contribution in [2.75, 3.05) is 17.3 Å². The molecule has 1 aromatic heterocycles. The molecule has 0 saturated carbocycles. The summed E-state index contributed by atoms with van der Waals surface area (Å²) < 4.78 is 0. The summed E-state index contributed by atoms with van der Waals surface area (Å²) in [6, 6.07) is 0.426. The average molecular weight is 214 g/mol. The van der Waals surface area contributed by atoms with Gasteiger partial charge in [0.1, 0.15) is 5.82 Å². The van der Waals surface area contributed by atoms with Gasteiger partial charge in [0.15, 0.2) is 0 Å². The van der Waals surface area contributed by atoms with E-state index in [0.29, 0.717) is 11.9 Å². The van der Waals surface area contributed by atoms with Crippen molar-refractivity contribution in [2.24, 2.45) is 0 Å². The summed E-state index contributed by atoms with van der Waals surface area (Å²) in [5.74, 6) is 1.61. The summed E-state index contributed by atoms with van der Waals surface area (Å²) in [4.78, 5) is 10.5. The second kappa shape index (κ2) is 5.81. The van der Waals surface area contributed by atoms with Gasteiger partial charge in [-0.05, 0) is 20.3 Å². The lowest BCUT2D eigenvalue weighted by atomic mass is 10.3. The van der Waals surface area contributed by atoms with Crippen LogP contribution < -0.4 is 4.90 Å². The lowest BCUT2D eigenvalue weighted by Gasteiger charge is -2.27. The molecular formula is C10H16ClN3. The van der Waals surface area contributed by atoms with Crippen molar-refractivity contribution in [3.05, 3.63) is 18.6 Å². The molecule has 0 aliphatic rings. The van der Waals surface area contributed by atoms with Crippen molar-refractivity contribution in [2.45, 2.75) is 26.3 Å². The largest absolute Gasteiger partial charge is 0.353 e. The molecular weight excluding hydrogens is 198 g/mol. The van der Waals surface area contributed by atoms with E-state index in [1.807, 2.05) is 0 Å². The Morgan fingerprint density at radius 1 is 1.43 bits per heavy atom. The van der Waals surface area contributed by atoms with Crippen LogP contribution in [0.25, 0.3) is 0 Å². The third-order valence-electron chi connectivity index (χ3n) is 2.00. The van der Waals surface area contributed by atoms with Gasteiger partial charge in [0, 0.05) is 30.9 Å². The molecule has 0 unspecified atom stereocenters. The molecule has 3 nitrogen and oxygen atoms in total. The van der Waals surface area contributed by atoms with Gasteiger partial charge in [-0.3, -0.25) is 4.98 Å². The summed E-state index contributed by atoms with van der Waals surface area (Å²) in [5.41, 5.74) is 0. The number of anilines is 1.